The van der Waals surface area contributed by atoms with Crippen LogP contribution in [0.2, 0.25) is 0 Å². The van der Waals surface area contributed by atoms with Crippen molar-refractivity contribution in [2.75, 3.05) is 20.8 Å². The number of rotatable bonds is 5. The molecule has 0 aliphatic rings. The molecule has 0 radical (unpaired) electrons. The van der Waals surface area contributed by atoms with Gasteiger partial charge in [-0.25, -0.2) is 9.78 Å². The smallest absolute Gasteiger partial charge is 0.375 e. The number of hydrogen-bond acceptors (Lipinski definition) is 6. The Kier molecular flexibility index (Phi) is 4.19. The lowest BCUT2D eigenvalue weighted by Crippen LogP contribution is -2.06. The highest BCUT2D eigenvalue weighted by Gasteiger charge is 2.16. The van der Waals surface area contributed by atoms with E-state index in [2.05, 4.69) is 15.2 Å². The zero-order valence-corrected chi connectivity index (χ0v) is 11.5. The Bertz CT molecular complexity index is 609. The van der Waals surface area contributed by atoms with Gasteiger partial charge in [-0.1, -0.05) is 0 Å². The summed E-state index contributed by atoms with van der Waals surface area (Å²) in [6, 6.07) is 5.24. The minimum Gasteiger partial charge on any atom is -0.497 e. The van der Waals surface area contributed by atoms with Gasteiger partial charge in [-0.05, 0) is 19.1 Å². The van der Waals surface area contributed by atoms with E-state index in [1.165, 1.54) is 7.11 Å². The summed E-state index contributed by atoms with van der Waals surface area (Å²) < 4.78 is 15.2. The first kappa shape index (κ1) is 13.9. The van der Waals surface area contributed by atoms with E-state index in [1.54, 1.807) is 32.2 Å². The molecule has 7 nitrogen and oxygen atoms in total. The van der Waals surface area contributed by atoms with E-state index in [9.17, 15) is 4.79 Å². The standard InChI is InChI=1S/C13H15N3O4/c1-4-20-13(17)12-14-11(15-16-12)9-6-5-8(18-2)7-10(9)19-3/h5-7H,4H2,1-3H3,(H,14,15,16). The summed E-state index contributed by atoms with van der Waals surface area (Å²) in [5.74, 6) is 1.08. The number of carbonyl (C=O) groups excluding carboxylic acids is 1. The van der Waals surface area contributed by atoms with Crippen LogP contribution in [0, 0.1) is 0 Å². The third kappa shape index (κ3) is 2.71. The van der Waals surface area contributed by atoms with Crippen molar-refractivity contribution in [1.29, 1.82) is 0 Å². The number of nitrogens with one attached hydrogen (secondary N) is 1. The van der Waals surface area contributed by atoms with E-state index >= 15 is 0 Å². The average Bonchev–Trinajstić information content (AvgIpc) is 2.96. The van der Waals surface area contributed by atoms with Gasteiger partial charge in [0.2, 0.25) is 5.82 Å². The van der Waals surface area contributed by atoms with Gasteiger partial charge < -0.3 is 14.2 Å². The van der Waals surface area contributed by atoms with E-state index in [0.29, 0.717) is 22.9 Å². The van der Waals surface area contributed by atoms with Gasteiger partial charge in [0.25, 0.3) is 0 Å². The summed E-state index contributed by atoms with van der Waals surface area (Å²) in [4.78, 5) is 15.6. The van der Waals surface area contributed by atoms with Crippen LogP contribution in [-0.2, 0) is 4.74 Å². The summed E-state index contributed by atoms with van der Waals surface area (Å²) in [5, 5.41) is 6.54. The molecule has 1 N–H and O–H groups in total. The zero-order valence-electron chi connectivity index (χ0n) is 11.5. The van der Waals surface area contributed by atoms with Gasteiger partial charge in [0, 0.05) is 6.07 Å². The molecule has 1 heterocycles. The topological polar surface area (TPSA) is 86.3 Å². The quantitative estimate of drug-likeness (QED) is 0.836. The number of methoxy groups -OCH3 is 2. The highest BCUT2D eigenvalue weighted by atomic mass is 16.5. The van der Waals surface area contributed by atoms with Crippen molar-refractivity contribution in [3.63, 3.8) is 0 Å². The summed E-state index contributed by atoms with van der Waals surface area (Å²) >= 11 is 0. The van der Waals surface area contributed by atoms with Crippen LogP contribution in [0.25, 0.3) is 11.4 Å². The minimum absolute atomic E-state index is 0.0553. The van der Waals surface area contributed by atoms with Crippen molar-refractivity contribution in [3.05, 3.63) is 24.0 Å². The fourth-order valence-corrected chi connectivity index (χ4v) is 1.66. The monoisotopic (exact) mass is 277 g/mol. The molecule has 7 heteroatoms. The van der Waals surface area contributed by atoms with Gasteiger partial charge in [0.05, 0.1) is 26.4 Å². The summed E-state index contributed by atoms with van der Waals surface area (Å²) in [7, 11) is 3.11. The normalized spacial score (nSPS) is 10.2. The molecule has 0 saturated heterocycles. The Morgan fingerprint density at radius 2 is 2.10 bits per heavy atom. The van der Waals surface area contributed by atoms with Crippen LogP contribution in [0.4, 0.5) is 0 Å². The van der Waals surface area contributed by atoms with Crippen LogP contribution in [0.1, 0.15) is 17.5 Å². The molecular weight excluding hydrogens is 262 g/mol. The molecule has 2 aromatic rings. The second kappa shape index (κ2) is 6.05. The number of esters is 1. The maximum Gasteiger partial charge on any atom is 0.375 e. The van der Waals surface area contributed by atoms with E-state index in [4.69, 9.17) is 14.2 Å². The molecule has 0 spiro atoms. The second-order valence-electron chi connectivity index (χ2n) is 3.79. The highest BCUT2D eigenvalue weighted by molar-refractivity contribution is 5.85. The predicted molar refractivity (Wildman–Crippen MR) is 70.9 cm³/mol. The van der Waals surface area contributed by atoms with Crippen LogP contribution in [0.5, 0.6) is 11.5 Å². The number of benzene rings is 1. The lowest BCUT2D eigenvalue weighted by atomic mass is 10.2. The minimum atomic E-state index is -0.543. The number of aromatic amines is 1. The average molecular weight is 277 g/mol. The predicted octanol–water partition coefficient (Wildman–Crippen LogP) is 1.67. The molecule has 0 bridgehead atoms. The molecule has 0 saturated carbocycles. The SMILES string of the molecule is CCOC(=O)c1nc(-c2ccc(OC)cc2OC)n[nH]1. The molecule has 0 unspecified atom stereocenters. The van der Waals surface area contributed by atoms with Gasteiger partial charge in [-0.15, -0.1) is 0 Å². The lowest BCUT2D eigenvalue weighted by molar-refractivity contribution is 0.0512. The second-order valence-corrected chi connectivity index (χ2v) is 3.79. The molecule has 0 aliphatic heterocycles. The third-order valence-electron chi connectivity index (χ3n) is 2.60. The highest BCUT2D eigenvalue weighted by Crippen LogP contribution is 2.31. The molecule has 2 rings (SSSR count). The Morgan fingerprint density at radius 3 is 2.75 bits per heavy atom. The Hall–Kier alpha value is -2.57. The first-order chi connectivity index (χ1) is 9.69. The van der Waals surface area contributed by atoms with Gasteiger partial charge in [-0.2, -0.15) is 5.10 Å². The molecule has 1 aromatic carbocycles. The van der Waals surface area contributed by atoms with Gasteiger partial charge in [-0.3, -0.25) is 5.10 Å². The van der Waals surface area contributed by atoms with Gasteiger partial charge in [0.15, 0.2) is 5.82 Å². The molecule has 20 heavy (non-hydrogen) atoms. The van der Waals surface area contributed by atoms with E-state index < -0.39 is 5.97 Å². The first-order valence-electron chi connectivity index (χ1n) is 6.01. The van der Waals surface area contributed by atoms with Crippen molar-refractivity contribution in [3.8, 4) is 22.9 Å². The van der Waals surface area contributed by atoms with Crippen molar-refractivity contribution >= 4 is 5.97 Å². The number of H-pyrrole nitrogens is 1. The number of aromatic nitrogens is 3. The zero-order chi connectivity index (χ0) is 14.5. The fraction of sp³-hybridized carbons (Fsp3) is 0.308. The maximum atomic E-state index is 11.5. The molecule has 106 valence electrons. The lowest BCUT2D eigenvalue weighted by Gasteiger charge is -2.07. The van der Waals surface area contributed by atoms with Crippen LogP contribution in [0.3, 0.4) is 0 Å². The number of ether oxygens (including phenoxy) is 3. The number of carbonyl (C=O) groups is 1. The fourth-order valence-electron chi connectivity index (χ4n) is 1.66. The van der Waals surface area contributed by atoms with Crippen LogP contribution < -0.4 is 9.47 Å². The maximum absolute atomic E-state index is 11.5. The number of nitrogens with zero attached hydrogens (tertiary/aromatic N) is 2. The molecule has 0 atom stereocenters. The van der Waals surface area contributed by atoms with Crippen LogP contribution >= 0.6 is 0 Å². The Morgan fingerprint density at radius 1 is 1.30 bits per heavy atom. The summed E-state index contributed by atoms with van der Waals surface area (Å²) in [6.07, 6.45) is 0. The number of hydrogen-bond donors (Lipinski definition) is 1. The Labute approximate surface area is 115 Å². The largest absolute Gasteiger partial charge is 0.497 e. The first-order valence-corrected chi connectivity index (χ1v) is 6.01. The summed E-state index contributed by atoms with van der Waals surface area (Å²) in [5.41, 5.74) is 0.653. The van der Waals surface area contributed by atoms with Gasteiger partial charge >= 0.3 is 5.97 Å². The van der Waals surface area contributed by atoms with E-state index in [0.717, 1.165) is 0 Å². The molecule has 0 aliphatic carbocycles. The third-order valence-corrected chi connectivity index (χ3v) is 2.60. The molecule has 1 aromatic heterocycles. The van der Waals surface area contributed by atoms with Crippen LogP contribution in [-0.4, -0.2) is 42.0 Å². The molecular formula is C13H15N3O4. The molecule has 0 amide bonds. The van der Waals surface area contributed by atoms with Crippen molar-refractivity contribution in [2.24, 2.45) is 0 Å². The Balaban J connectivity index is 2.34. The molecule has 0 fully saturated rings. The van der Waals surface area contributed by atoms with E-state index in [1.807, 2.05) is 0 Å². The van der Waals surface area contributed by atoms with Crippen molar-refractivity contribution < 1.29 is 19.0 Å². The van der Waals surface area contributed by atoms with Crippen LogP contribution in [0.15, 0.2) is 18.2 Å². The van der Waals surface area contributed by atoms with E-state index in [-0.39, 0.29) is 12.4 Å². The summed E-state index contributed by atoms with van der Waals surface area (Å²) in [6.45, 7) is 2.00. The van der Waals surface area contributed by atoms with Crippen molar-refractivity contribution in [1.82, 2.24) is 15.2 Å². The van der Waals surface area contributed by atoms with Gasteiger partial charge in [0.1, 0.15) is 11.5 Å². The van der Waals surface area contributed by atoms with Crippen molar-refractivity contribution in [2.45, 2.75) is 6.92 Å².